The summed E-state index contributed by atoms with van der Waals surface area (Å²) in [5.41, 5.74) is 3.38. The number of thioether (sulfide) groups is 1. The van der Waals surface area contributed by atoms with E-state index in [-0.39, 0.29) is 23.6 Å². The molecule has 1 amide bonds. The Hall–Kier alpha value is -2.64. The molecule has 0 unspecified atom stereocenters. The van der Waals surface area contributed by atoms with Crippen LogP contribution in [0.2, 0.25) is 0 Å². The molecule has 7 heteroatoms. The third-order valence-electron chi connectivity index (χ3n) is 5.63. The molecule has 168 valence electrons. The van der Waals surface area contributed by atoms with Crippen LogP contribution in [0.3, 0.4) is 0 Å². The van der Waals surface area contributed by atoms with Crippen LogP contribution in [0.25, 0.3) is 10.9 Å². The summed E-state index contributed by atoms with van der Waals surface area (Å²) in [4.78, 5) is 30.7. The maximum atomic E-state index is 13.4. The summed E-state index contributed by atoms with van der Waals surface area (Å²) in [6.07, 6.45) is 1.99. The third-order valence-corrected chi connectivity index (χ3v) is 6.66. The molecule has 1 fully saturated rings. The molecule has 2 aromatic carbocycles. The molecule has 1 saturated heterocycles. The highest BCUT2D eigenvalue weighted by atomic mass is 32.2. The normalized spacial score (nSPS) is 16.1. The fraction of sp³-hybridized carbons (Fsp3) is 0.400. The summed E-state index contributed by atoms with van der Waals surface area (Å²) in [5, 5.41) is 4.07. The number of nitrogens with one attached hydrogen (secondary N) is 1. The summed E-state index contributed by atoms with van der Waals surface area (Å²) < 4.78 is 7.54. The summed E-state index contributed by atoms with van der Waals surface area (Å²) in [6.45, 7) is 7.15. The fourth-order valence-corrected chi connectivity index (χ4v) is 4.95. The number of hydrogen-bond donors (Lipinski definition) is 1. The van der Waals surface area contributed by atoms with Gasteiger partial charge in [0.25, 0.3) is 11.5 Å². The van der Waals surface area contributed by atoms with Gasteiger partial charge in [0.2, 0.25) is 0 Å². The summed E-state index contributed by atoms with van der Waals surface area (Å²) in [6, 6.07) is 13.4. The van der Waals surface area contributed by atoms with Gasteiger partial charge in [0.05, 0.1) is 23.6 Å². The number of carbonyl (C=O) groups excluding carboxylic acids is 1. The first-order valence-corrected chi connectivity index (χ1v) is 12.1. The molecule has 0 aliphatic carbocycles. The predicted octanol–water partition coefficient (Wildman–Crippen LogP) is 4.31. The van der Waals surface area contributed by atoms with Crippen molar-refractivity contribution in [3.8, 4) is 0 Å². The summed E-state index contributed by atoms with van der Waals surface area (Å²) in [5.74, 6) is 0.547. The lowest BCUT2D eigenvalue weighted by molar-refractivity contribution is 0.0937. The zero-order chi connectivity index (χ0) is 22.7. The number of aromatic nitrogens is 2. The van der Waals surface area contributed by atoms with Crippen LogP contribution >= 0.6 is 11.8 Å². The van der Waals surface area contributed by atoms with E-state index < -0.39 is 0 Å². The van der Waals surface area contributed by atoms with Gasteiger partial charge in [-0.2, -0.15) is 0 Å². The van der Waals surface area contributed by atoms with Crippen molar-refractivity contribution in [2.75, 3.05) is 6.61 Å². The van der Waals surface area contributed by atoms with E-state index in [0.29, 0.717) is 33.9 Å². The first-order chi connectivity index (χ1) is 15.4. The number of amides is 1. The molecule has 1 aliphatic heterocycles. The van der Waals surface area contributed by atoms with Crippen molar-refractivity contribution in [3.63, 3.8) is 0 Å². The molecule has 32 heavy (non-hydrogen) atoms. The Kier molecular flexibility index (Phi) is 6.96. The lowest BCUT2D eigenvalue weighted by Gasteiger charge is -2.17. The molecule has 1 aromatic heterocycles. The molecule has 6 nitrogen and oxygen atoms in total. The highest BCUT2D eigenvalue weighted by Crippen LogP contribution is 2.25. The van der Waals surface area contributed by atoms with Crippen molar-refractivity contribution in [2.45, 2.75) is 63.2 Å². The molecular weight excluding hydrogens is 422 g/mol. The van der Waals surface area contributed by atoms with Gasteiger partial charge < -0.3 is 10.1 Å². The van der Waals surface area contributed by atoms with Crippen LogP contribution < -0.4 is 10.9 Å². The van der Waals surface area contributed by atoms with E-state index in [2.05, 4.69) is 24.4 Å². The van der Waals surface area contributed by atoms with Crippen LogP contribution in [0.4, 0.5) is 0 Å². The number of fused-ring (bicyclic) bond motifs is 1. The van der Waals surface area contributed by atoms with Crippen LogP contribution in [0, 0.1) is 6.92 Å². The molecule has 0 spiro atoms. The largest absolute Gasteiger partial charge is 0.376 e. The molecule has 3 aromatic rings. The minimum atomic E-state index is -0.165. The molecule has 2 heterocycles. The molecule has 0 saturated carbocycles. The van der Waals surface area contributed by atoms with Gasteiger partial charge in [0.1, 0.15) is 0 Å². The van der Waals surface area contributed by atoms with Gasteiger partial charge >= 0.3 is 0 Å². The summed E-state index contributed by atoms with van der Waals surface area (Å²) >= 11 is 1.55. The monoisotopic (exact) mass is 451 g/mol. The van der Waals surface area contributed by atoms with Gasteiger partial charge in [-0.3, -0.25) is 14.2 Å². The zero-order valence-corrected chi connectivity index (χ0v) is 19.6. The van der Waals surface area contributed by atoms with E-state index in [1.165, 1.54) is 11.1 Å². The number of rotatable bonds is 7. The second kappa shape index (κ2) is 9.88. The van der Waals surface area contributed by atoms with Crippen LogP contribution in [0.1, 0.15) is 48.2 Å². The van der Waals surface area contributed by atoms with Crippen molar-refractivity contribution < 1.29 is 9.53 Å². The van der Waals surface area contributed by atoms with E-state index >= 15 is 0 Å². The van der Waals surface area contributed by atoms with E-state index in [0.717, 1.165) is 19.4 Å². The molecule has 1 atom stereocenters. The Labute approximate surface area is 192 Å². The molecule has 0 radical (unpaired) electrons. The van der Waals surface area contributed by atoms with Crippen LogP contribution in [-0.2, 0) is 17.0 Å². The number of aryl methyl sites for hydroxylation is 1. The Morgan fingerprint density at radius 2 is 2.09 bits per heavy atom. The first-order valence-electron chi connectivity index (χ1n) is 11.1. The molecule has 1 N–H and O–H groups in total. The Morgan fingerprint density at radius 1 is 1.28 bits per heavy atom. The van der Waals surface area contributed by atoms with Crippen LogP contribution in [0.15, 0.2) is 52.4 Å². The lowest BCUT2D eigenvalue weighted by Crippen LogP contribution is -2.31. The third kappa shape index (κ3) is 5.05. The average Bonchev–Trinajstić information content (AvgIpc) is 3.28. The Balaban J connectivity index is 1.73. The number of carbonyl (C=O) groups is 1. The fourth-order valence-electron chi connectivity index (χ4n) is 3.86. The number of ether oxygens (including phenoxy) is 1. The van der Waals surface area contributed by atoms with Crippen molar-refractivity contribution in [1.29, 1.82) is 0 Å². The Bertz CT molecular complexity index is 1180. The van der Waals surface area contributed by atoms with Gasteiger partial charge in [-0.1, -0.05) is 36.0 Å². The van der Waals surface area contributed by atoms with E-state index in [9.17, 15) is 9.59 Å². The minimum Gasteiger partial charge on any atom is -0.376 e. The molecular formula is C25H29N3O3S. The molecule has 1 aliphatic rings. The van der Waals surface area contributed by atoms with Crippen molar-refractivity contribution >= 4 is 28.6 Å². The van der Waals surface area contributed by atoms with Gasteiger partial charge in [-0.05, 0) is 62.9 Å². The first kappa shape index (κ1) is 22.6. The van der Waals surface area contributed by atoms with Crippen LogP contribution in [-0.4, -0.2) is 34.2 Å². The average molecular weight is 452 g/mol. The van der Waals surface area contributed by atoms with E-state index in [1.54, 1.807) is 34.5 Å². The smallest absolute Gasteiger partial charge is 0.262 e. The SMILES string of the molecule is Cc1ccccc1CSc1nc2cc(C(=O)NC(C)C)ccc2c(=O)n1C[C@@H]1CCCO1. The van der Waals surface area contributed by atoms with Crippen molar-refractivity contribution in [1.82, 2.24) is 14.9 Å². The zero-order valence-electron chi connectivity index (χ0n) is 18.8. The van der Waals surface area contributed by atoms with Crippen molar-refractivity contribution in [3.05, 3.63) is 69.5 Å². The van der Waals surface area contributed by atoms with E-state index in [4.69, 9.17) is 9.72 Å². The van der Waals surface area contributed by atoms with Gasteiger partial charge in [0.15, 0.2) is 5.16 Å². The van der Waals surface area contributed by atoms with Crippen molar-refractivity contribution in [2.24, 2.45) is 0 Å². The number of nitrogens with zero attached hydrogens (tertiary/aromatic N) is 2. The van der Waals surface area contributed by atoms with Gasteiger partial charge in [-0.25, -0.2) is 4.98 Å². The second-order valence-electron chi connectivity index (χ2n) is 8.52. The maximum absolute atomic E-state index is 13.4. The van der Waals surface area contributed by atoms with Crippen LogP contribution in [0.5, 0.6) is 0 Å². The lowest BCUT2D eigenvalue weighted by atomic mass is 10.1. The standard InChI is InChI=1S/C25H29N3O3S/c1-16(2)26-23(29)18-10-11-21-22(13-18)27-25(32-15-19-8-5-4-7-17(19)3)28(24(21)30)14-20-9-6-12-31-20/h4-5,7-8,10-11,13,16,20H,6,9,12,14-15H2,1-3H3,(H,26,29)/t20-/m0/s1. The number of hydrogen-bond acceptors (Lipinski definition) is 5. The predicted molar refractivity (Wildman–Crippen MR) is 128 cm³/mol. The highest BCUT2D eigenvalue weighted by Gasteiger charge is 2.21. The Morgan fingerprint density at radius 3 is 2.81 bits per heavy atom. The molecule has 4 rings (SSSR count). The maximum Gasteiger partial charge on any atom is 0.262 e. The van der Waals surface area contributed by atoms with Gasteiger partial charge in [-0.15, -0.1) is 0 Å². The minimum absolute atomic E-state index is 0.0286. The quantitative estimate of drug-likeness (QED) is 0.428. The summed E-state index contributed by atoms with van der Waals surface area (Å²) in [7, 11) is 0. The highest BCUT2D eigenvalue weighted by molar-refractivity contribution is 7.98. The number of benzene rings is 2. The topological polar surface area (TPSA) is 73.2 Å². The molecule has 0 bridgehead atoms. The second-order valence-corrected chi connectivity index (χ2v) is 9.46. The van der Waals surface area contributed by atoms with E-state index in [1.807, 2.05) is 26.0 Å². The van der Waals surface area contributed by atoms with Gasteiger partial charge in [0, 0.05) is 24.0 Å².